The Labute approximate surface area is 88.8 Å². The summed E-state index contributed by atoms with van der Waals surface area (Å²) in [6.45, 7) is 11.6. The molecule has 2 heteroatoms. The minimum absolute atomic E-state index is 0.683. The summed E-state index contributed by atoms with van der Waals surface area (Å²) in [7, 11) is 0. The van der Waals surface area contributed by atoms with E-state index in [1.54, 1.807) is 0 Å². The first-order chi connectivity index (χ1) is 6.61. The maximum absolute atomic E-state index is 5.62. The van der Waals surface area contributed by atoms with Gasteiger partial charge in [0.15, 0.2) is 0 Å². The Morgan fingerprint density at radius 1 is 1.29 bits per heavy atom. The molecular formula is C12H26N2. The van der Waals surface area contributed by atoms with Crippen LogP contribution >= 0.6 is 0 Å². The largest absolute Gasteiger partial charge is 0.330 e. The minimum atomic E-state index is 0.683. The molecule has 1 aliphatic heterocycles. The van der Waals surface area contributed by atoms with Crippen LogP contribution in [0.2, 0.25) is 0 Å². The molecule has 1 rings (SSSR count). The smallest absolute Gasteiger partial charge is 0.000724 e. The van der Waals surface area contributed by atoms with Crippen LogP contribution in [-0.4, -0.2) is 31.1 Å². The van der Waals surface area contributed by atoms with E-state index in [1.165, 1.54) is 32.5 Å². The van der Waals surface area contributed by atoms with Crippen molar-refractivity contribution in [1.29, 1.82) is 0 Å². The molecule has 0 radical (unpaired) electrons. The van der Waals surface area contributed by atoms with E-state index < -0.39 is 0 Å². The second-order valence-corrected chi connectivity index (χ2v) is 5.34. The van der Waals surface area contributed by atoms with Gasteiger partial charge in [0, 0.05) is 13.1 Å². The van der Waals surface area contributed by atoms with Gasteiger partial charge in [-0.15, -0.1) is 0 Å². The molecule has 2 nitrogen and oxygen atoms in total. The van der Waals surface area contributed by atoms with Crippen LogP contribution in [0.25, 0.3) is 0 Å². The van der Waals surface area contributed by atoms with Crippen molar-refractivity contribution < 1.29 is 0 Å². The van der Waals surface area contributed by atoms with Crippen molar-refractivity contribution in [1.82, 2.24) is 4.90 Å². The van der Waals surface area contributed by atoms with Crippen LogP contribution in [0, 0.1) is 17.8 Å². The Hall–Kier alpha value is -0.0800. The summed E-state index contributed by atoms with van der Waals surface area (Å²) in [5.41, 5.74) is 5.62. The fraction of sp³-hybridized carbons (Fsp3) is 1.00. The maximum Gasteiger partial charge on any atom is 0.000724 e. The number of rotatable bonds is 4. The van der Waals surface area contributed by atoms with E-state index >= 15 is 0 Å². The molecule has 0 amide bonds. The second-order valence-electron chi connectivity index (χ2n) is 5.34. The van der Waals surface area contributed by atoms with Gasteiger partial charge in [-0.3, -0.25) is 0 Å². The highest BCUT2D eigenvalue weighted by Gasteiger charge is 2.21. The number of nitrogens with zero attached hydrogens (tertiary/aromatic N) is 1. The topological polar surface area (TPSA) is 29.3 Å². The lowest BCUT2D eigenvalue weighted by atomic mass is 9.91. The van der Waals surface area contributed by atoms with E-state index in [1.807, 2.05) is 0 Å². The maximum atomic E-state index is 5.62. The SMILES string of the molecule is CC(CN)CCN1CC(C)CC(C)C1. The van der Waals surface area contributed by atoms with Gasteiger partial charge in [-0.1, -0.05) is 20.8 Å². The van der Waals surface area contributed by atoms with Gasteiger partial charge < -0.3 is 10.6 Å². The van der Waals surface area contributed by atoms with Crippen molar-refractivity contribution in [3.63, 3.8) is 0 Å². The van der Waals surface area contributed by atoms with Crippen LogP contribution in [0.15, 0.2) is 0 Å². The lowest BCUT2D eigenvalue weighted by Gasteiger charge is -2.35. The molecule has 3 atom stereocenters. The fourth-order valence-corrected chi connectivity index (χ4v) is 2.50. The van der Waals surface area contributed by atoms with Crippen LogP contribution in [-0.2, 0) is 0 Å². The third-order valence-electron chi connectivity index (χ3n) is 3.28. The van der Waals surface area contributed by atoms with Gasteiger partial charge in [0.25, 0.3) is 0 Å². The Morgan fingerprint density at radius 3 is 2.36 bits per heavy atom. The van der Waals surface area contributed by atoms with Gasteiger partial charge in [-0.25, -0.2) is 0 Å². The van der Waals surface area contributed by atoms with E-state index in [9.17, 15) is 0 Å². The van der Waals surface area contributed by atoms with Crippen LogP contribution in [0.1, 0.15) is 33.6 Å². The zero-order valence-electron chi connectivity index (χ0n) is 10.00. The molecular weight excluding hydrogens is 172 g/mol. The van der Waals surface area contributed by atoms with Crippen molar-refractivity contribution in [3.05, 3.63) is 0 Å². The molecule has 2 N–H and O–H groups in total. The van der Waals surface area contributed by atoms with Gasteiger partial charge in [-0.2, -0.15) is 0 Å². The van der Waals surface area contributed by atoms with E-state index in [0.29, 0.717) is 5.92 Å². The second kappa shape index (κ2) is 5.72. The first-order valence-electron chi connectivity index (χ1n) is 6.04. The molecule has 84 valence electrons. The van der Waals surface area contributed by atoms with Gasteiger partial charge in [0.1, 0.15) is 0 Å². The number of hydrogen-bond donors (Lipinski definition) is 1. The lowest BCUT2D eigenvalue weighted by molar-refractivity contribution is 0.134. The van der Waals surface area contributed by atoms with Crippen molar-refractivity contribution in [3.8, 4) is 0 Å². The van der Waals surface area contributed by atoms with Gasteiger partial charge in [0.05, 0.1) is 0 Å². The van der Waals surface area contributed by atoms with E-state index in [0.717, 1.165) is 18.4 Å². The molecule has 0 aromatic carbocycles. The zero-order valence-corrected chi connectivity index (χ0v) is 10.00. The number of nitrogens with two attached hydrogens (primary N) is 1. The Morgan fingerprint density at radius 2 is 1.86 bits per heavy atom. The summed E-state index contributed by atoms with van der Waals surface area (Å²) >= 11 is 0. The van der Waals surface area contributed by atoms with Crippen LogP contribution in [0.5, 0.6) is 0 Å². The number of likely N-dealkylation sites (tertiary alicyclic amines) is 1. The highest BCUT2D eigenvalue weighted by Crippen LogP contribution is 2.21. The summed E-state index contributed by atoms with van der Waals surface area (Å²) < 4.78 is 0. The average molecular weight is 198 g/mol. The number of piperidine rings is 1. The van der Waals surface area contributed by atoms with Crippen LogP contribution in [0.4, 0.5) is 0 Å². The standard InChI is InChI=1S/C12H26N2/c1-10(7-13)4-5-14-8-11(2)6-12(3)9-14/h10-12H,4-9,13H2,1-3H3. The highest BCUT2D eigenvalue weighted by atomic mass is 15.1. The molecule has 1 heterocycles. The Balaban J connectivity index is 2.23. The molecule has 0 aliphatic carbocycles. The van der Waals surface area contributed by atoms with E-state index in [-0.39, 0.29) is 0 Å². The highest BCUT2D eigenvalue weighted by molar-refractivity contribution is 4.75. The third-order valence-corrected chi connectivity index (χ3v) is 3.28. The van der Waals surface area contributed by atoms with Crippen molar-refractivity contribution in [2.75, 3.05) is 26.2 Å². The van der Waals surface area contributed by atoms with Gasteiger partial charge >= 0.3 is 0 Å². The minimum Gasteiger partial charge on any atom is -0.330 e. The fourth-order valence-electron chi connectivity index (χ4n) is 2.50. The van der Waals surface area contributed by atoms with Crippen molar-refractivity contribution in [2.24, 2.45) is 23.5 Å². The summed E-state index contributed by atoms with van der Waals surface area (Å²) in [6, 6.07) is 0. The van der Waals surface area contributed by atoms with Crippen molar-refractivity contribution in [2.45, 2.75) is 33.6 Å². The summed E-state index contributed by atoms with van der Waals surface area (Å²) in [6.07, 6.45) is 2.67. The van der Waals surface area contributed by atoms with Gasteiger partial charge in [0.2, 0.25) is 0 Å². The molecule has 0 spiro atoms. The molecule has 0 aromatic rings. The molecule has 1 saturated heterocycles. The quantitative estimate of drug-likeness (QED) is 0.748. The zero-order chi connectivity index (χ0) is 10.6. The van der Waals surface area contributed by atoms with Crippen LogP contribution < -0.4 is 5.73 Å². The van der Waals surface area contributed by atoms with E-state index in [4.69, 9.17) is 5.73 Å². The Kier molecular flexibility index (Phi) is 4.90. The summed E-state index contributed by atoms with van der Waals surface area (Å²) in [5.74, 6) is 2.45. The number of hydrogen-bond acceptors (Lipinski definition) is 2. The normalized spacial score (nSPS) is 31.7. The third kappa shape index (κ3) is 3.97. The molecule has 1 aliphatic rings. The molecule has 3 unspecified atom stereocenters. The molecule has 0 bridgehead atoms. The average Bonchev–Trinajstić information content (AvgIpc) is 2.12. The predicted octanol–water partition coefficient (Wildman–Crippen LogP) is 1.95. The molecule has 1 fully saturated rings. The van der Waals surface area contributed by atoms with E-state index in [2.05, 4.69) is 25.7 Å². The van der Waals surface area contributed by atoms with Crippen LogP contribution in [0.3, 0.4) is 0 Å². The first kappa shape index (κ1) is 12.0. The Bertz CT molecular complexity index is 148. The molecule has 0 aromatic heterocycles. The summed E-state index contributed by atoms with van der Waals surface area (Å²) in [5, 5.41) is 0. The molecule has 14 heavy (non-hydrogen) atoms. The van der Waals surface area contributed by atoms with Crippen molar-refractivity contribution >= 4 is 0 Å². The lowest BCUT2D eigenvalue weighted by Crippen LogP contribution is -2.39. The predicted molar refractivity (Wildman–Crippen MR) is 62.2 cm³/mol. The monoisotopic (exact) mass is 198 g/mol. The first-order valence-corrected chi connectivity index (χ1v) is 6.04. The van der Waals surface area contributed by atoms with Gasteiger partial charge in [-0.05, 0) is 43.7 Å². The summed E-state index contributed by atoms with van der Waals surface area (Å²) in [4.78, 5) is 2.62. The molecule has 0 saturated carbocycles.